The molecule has 2 aromatic rings. The van der Waals surface area contributed by atoms with E-state index in [2.05, 4.69) is 52.1 Å². The van der Waals surface area contributed by atoms with Gasteiger partial charge in [-0.2, -0.15) is 0 Å². The van der Waals surface area contributed by atoms with Gasteiger partial charge in [0, 0.05) is 18.0 Å². The molecule has 1 fully saturated rings. The monoisotopic (exact) mass is 343 g/mol. The van der Waals surface area contributed by atoms with E-state index in [0.29, 0.717) is 13.1 Å². The molecule has 0 spiro atoms. The molecule has 0 bridgehead atoms. The van der Waals surface area contributed by atoms with Crippen LogP contribution in [0, 0.1) is 6.92 Å². The van der Waals surface area contributed by atoms with Crippen LogP contribution in [0.3, 0.4) is 0 Å². The molecule has 1 aromatic carbocycles. The summed E-state index contributed by atoms with van der Waals surface area (Å²) in [6, 6.07) is 12.7. The molecule has 0 saturated carbocycles. The summed E-state index contributed by atoms with van der Waals surface area (Å²) in [6.45, 7) is 5.51. The highest BCUT2D eigenvalue weighted by atomic mass is 32.1. The number of aryl methyl sites for hydroxylation is 1. The molecular formula is C19H25N3OS. The number of hydrogen-bond acceptors (Lipinski definition) is 3. The van der Waals surface area contributed by atoms with E-state index in [1.165, 1.54) is 23.3 Å². The normalized spacial score (nSPS) is 16.0. The molecule has 2 N–H and O–H groups in total. The SMILES string of the molecule is Cc1ccc(CNC(=O)NCC(c2cccs2)N2CCCC2)cc1. The lowest BCUT2D eigenvalue weighted by atomic mass is 10.1. The second-order valence-corrected chi connectivity index (χ2v) is 7.30. The third-order valence-corrected chi connectivity index (χ3v) is 5.46. The molecule has 1 aliphatic rings. The van der Waals surface area contributed by atoms with Gasteiger partial charge >= 0.3 is 6.03 Å². The van der Waals surface area contributed by atoms with Crippen LogP contribution in [0.2, 0.25) is 0 Å². The lowest BCUT2D eigenvalue weighted by molar-refractivity contribution is 0.222. The zero-order valence-corrected chi connectivity index (χ0v) is 14.9. The van der Waals surface area contributed by atoms with Crippen molar-refractivity contribution < 1.29 is 4.79 Å². The molecule has 128 valence electrons. The first-order valence-corrected chi connectivity index (χ1v) is 9.45. The topological polar surface area (TPSA) is 44.4 Å². The molecule has 3 rings (SSSR count). The van der Waals surface area contributed by atoms with E-state index in [1.807, 2.05) is 12.1 Å². The van der Waals surface area contributed by atoms with Crippen LogP contribution in [0.4, 0.5) is 4.79 Å². The number of nitrogens with one attached hydrogen (secondary N) is 2. The number of likely N-dealkylation sites (tertiary alicyclic amines) is 1. The van der Waals surface area contributed by atoms with Crippen molar-refractivity contribution in [1.82, 2.24) is 15.5 Å². The highest BCUT2D eigenvalue weighted by molar-refractivity contribution is 7.10. The van der Waals surface area contributed by atoms with Crippen molar-refractivity contribution in [2.75, 3.05) is 19.6 Å². The lowest BCUT2D eigenvalue weighted by Crippen LogP contribution is -2.41. The molecular weight excluding hydrogens is 318 g/mol. The van der Waals surface area contributed by atoms with Gasteiger partial charge in [0.15, 0.2) is 0 Å². The average molecular weight is 343 g/mol. The fraction of sp³-hybridized carbons (Fsp3) is 0.421. The number of carbonyl (C=O) groups is 1. The van der Waals surface area contributed by atoms with Crippen molar-refractivity contribution >= 4 is 17.4 Å². The molecule has 1 atom stereocenters. The van der Waals surface area contributed by atoms with Crippen LogP contribution in [0.25, 0.3) is 0 Å². The first-order valence-electron chi connectivity index (χ1n) is 8.57. The summed E-state index contributed by atoms with van der Waals surface area (Å²) in [4.78, 5) is 15.9. The second kappa shape index (κ2) is 8.31. The molecule has 0 radical (unpaired) electrons. The molecule has 24 heavy (non-hydrogen) atoms. The van der Waals surface area contributed by atoms with Crippen LogP contribution < -0.4 is 10.6 Å². The molecule has 2 amide bonds. The van der Waals surface area contributed by atoms with Gasteiger partial charge in [-0.05, 0) is 49.9 Å². The summed E-state index contributed by atoms with van der Waals surface area (Å²) in [6.07, 6.45) is 2.50. The van der Waals surface area contributed by atoms with E-state index in [4.69, 9.17) is 0 Å². The number of amides is 2. The van der Waals surface area contributed by atoms with Gasteiger partial charge in [0.05, 0.1) is 6.04 Å². The van der Waals surface area contributed by atoms with Crippen molar-refractivity contribution in [1.29, 1.82) is 0 Å². The number of carbonyl (C=O) groups excluding carboxylic acids is 1. The Bertz CT molecular complexity index is 633. The van der Waals surface area contributed by atoms with E-state index in [9.17, 15) is 4.79 Å². The minimum atomic E-state index is -0.101. The number of hydrogen-bond donors (Lipinski definition) is 2. The summed E-state index contributed by atoms with van der Waals surface area (Å²) in [5.74, 6) is 0. The van der Waals surface area contributed by atoms with Crippen molar-refractivity contribution in [2.24, 2.45) is 0 Å². The number of benzene rings is 1. The van der Waals surface area contributed by atoms with Crippen LogP contribution >= 0.6 is 11.3 Å². The van der Waals surface area contributed by atoms with E-state index in [-0.39, 0.29) is 12.1 Å². The lowest BCUT2D eigenvalue weighted by Gasteiger charge is -2.26. The Balaban J connectivity index is 1.50. The minimum absolute atomic E-state index is 0.101. The van der Waals surface area contributed by atoms with Crippen LogP contribution in [-0.2, 0) is 6.54 Å². The number of nitrogens with zero attached hydrogens (tertiary/aromatic N) is 1. The quantitative estimate of drug-likeness (QED) is 0.840. The smallest absolute Gasteiger partial charge is 0.315 e. The van der Waals surface area contributed by atoms with Gasteiger partial charge in [0.1, 0.15) is 0 Å². The molecule has 5 heteroatoms. The summed E-state index contributed by atoms with van der Waals surface area (Å²) in [5.41, 5.74) is 2.35. The number of rotatable bonds is 6. The average Bonchev–Trinajstić information content (AvgIpc) is 3.29. The van der Waals surface area contributed by atoms with Gasteiger partial charge in [-0.15, -0.1) is 11.3 Å². The van der Waals surface area contributed by atoms with E-state index < -0.39 is 0 Å². The zero-order chi connectivity index (χ0) is 16.8. The summed E-state index contributed by atoms with van der Waals surface area (Å²) in [5, 5.41) is 8.10. The number of urea groups is 1. The largest absolute Gasteiger partial charge is 0.336 e. The maximum absolute atomic E-state index is 12.1. The van der Waals surface area contributed by atoms with Gasteiger partial charge in [-0.25, -0.2) is 4.79 Å². The minimum Gasteiger partial charge on any atom is -0.336 e. The molecule has 0 aliphatic carbocycles. The first kappa shape index (κ1) is 17.0. The highest BCUT2D eigenvalue weighted by Gasteiger charge is 2.24. The number of thiophene rings is 1. The predicted octanol–water partition coefficient (Wildman–Crippen LogP) is 3.69. The Hall–Kier alpha value is -1.85. The van der Waals surface area contributed by atoms with E-state index in [0.717, 1.165) is 18.7 Å². The Kier molecular flexibility index (Phi) is 5.88. The predicted molar refractivity (Wildman–Crippen MR) is 99.3 cm³/mol. The van der Waals surface area contributed by atoms with Crippen LogP contribution in [0.15, 0.2) is 41.8 Å². The Labute approximate surface area is 147 Å². The third kappa shape index (κ3) is 4.58. The maximum atomic E-state index is 12.1. The molecule has 2 heterocycles. The maximum Gasteiger partial charge on any atom is 0.315 e. The van der Waals surface area contributed by atoms with Gasteiger partial charge in [0.2, 0.25) is 0 Å². The molecule has 1 saturated heterocycles. The van der Waals surface area contributed by atoms with Crippen LogP contribution in [0.5, 0.6) is 0 Å². The Morgan fingerprint density at radius 3 is 2.58 bits per heavy atom. The first-order chi connectivity index (χ1) is 11.7. The van der Waals surface area contributed by atoms with Gasteiger partial charge in [-0.3, -0.25) is 4.90 Å². The Morgan fingerprint density at radius 2 is 1.92 bits per heavy atom. The van der Waals surface area contributed by atoms with Crippen LogP contribution in [0.1, 0.15) is 34.9 Å². The fourth-order valence-electron chi connectivity index (χ4n) is 3.08. The van der Waals surface area contributed by atoms with E-state index in [1.54, 1.807) is 11.3 Å². The van der Waals surface area contributed by atoms with Gasteiger partial charge in [0.25, 0.3) is 0 Å². The highest BCUT2D eigenvalue weighted by Crippen LogP contribution is 2.27. The fourth-order valence-corrected chi connectivity index (χ4v) is 3.94. The van der Waals surface area contributed by atoms with Crippen LogP contribution in [-0.4, -0.2) is 30.6 Å². The van der Waals surface area contributed by atoms with Crippen molar-refractivity contribution in [3.63, 3.8) is 0 Å². The summed E-state index contributed by atoms with van der Waals surface area (Å²) < 4.78 is 0. The van der Waals surface area contributed by atoms with Crippen molar-refractivity contribution in [2.45, 2.75) is 32.4 Å². The standard InChI is InChI=1S/C19H25N3OS/c1-15-6-8-16(9-7-15)13-20-19(23)21-14-17(18-5-4-12-24-18)22-10-2-3-11-22/h4-9,12,17H,2-3,10-11,13-14H2,1H3,(H2,20,21,23). The summed E-state index contributed by atoms with van der Waals surface area (Å²) >= 11 is 1.77. The second-order valence-electron chi connectivity index (χ2n) is 6.32. The van der Waals surface area contributed by atoms with Crippen molar-refractivity contribution in [3.05, 3.63) is 57.8 Å². The van der Waals surface area contributed by atoms with Gasteiger partial charge < -0.3 is 10.6 Å². The molecule has 1 aliphatic heterocycles. The van der Waals surface area contributed by atoms with Gasteiger partial charge in [-0.1, -0.05) is 35.9 Å². The molecule has 4 nitrogen and oxygen atoms in total. The zero-order valence-electron chi connectivity index (χ0n) is 14.1. The van der Waals surface area contributed by atoms with E-state index >= 15 is 0 Å². The molecule has 1 aromatic heterocycles. The molecule has 1 unspecified atom stereocenters. The van der Waals surface area contributed by atoms with Crippen molar-refractivity contribution in [3.8, 4) is 0 Å². The third-order valence-electron chi connectivity index (χ3n) is 4.48. The Morgan fingerprint density at radius 1 is 1.17 bits per heavy atom. The summed E-state index contributed by atoms with van der Waals surface area (Å²) in [7, 11) is 0.